The lowest BCUT2D eigenvalue weighted by Crippen LogP contribution is -2.24. The van der Waals surface area contributed by atoms with Crippen molar-refractivity contribution >= 4 is 17.6 Å². The molecule has 1 heterocycles. The first-order valence-corrected chi connectivity index (χ1v) is 7.41. The van der Waals surface area contributed by atoms with Gasteiger partial charge in [0.1, 0.15) is 0 Å². The summed E-state index contributed by atoms with van der Waals surface area (Å²) >= 11 is 0. The van der Waals surface area contributed by atoms with E-state index in [0.29, 0.717) is 5.56 Å². The summed E-state index contributed by atoms with van der Waals surface area (Å²) in [5, 5.41) is 0. The van der Waals surface area contributed by atoms with Gasteiger partial charge in [-0.15, -0.1) is 0 Å². The van der Waals surface area contributed by atoms with E-state index in [4.69, 9.17) is 9.47 Å². The van der Waals surface area contributed by atoms with E-state index in [0.717, 1.165) is 31.6 Å². The van der Waals surface area contributed by atoms with E-state index in [-0.39, 0.29) is 18.8 Å². The molecule has 0 unspecified atom stereocenters. The van der Waals surface area contributed by atoms with Gasteiger partial charge in [-0.05, 0) is 38.8 Å². The maximum atomic E-state index is 12.3. The molecule has 0 aliphatic carbocycles. The number of rotatable bonds is 5. The molecular weight excluding hydrogens is 270 g/mol. The zero-order valence-corrected chi connectivity index (χ0v) is 12.6. The summed E-state index contributed by atoms with van der Waals surface area (Å²) in [5.74, 6) is -0.954. The molecule has 1 fully saturated rings. The molecule has 2 rings (SSSR count). The molecule has 5 nitrogen and oxygen atoms in total. The van der Waals surface area contributed by atoms with Crippen molar-refractivity contribution in [1.82, 2.24) is 0 Å². The highest BCUT2D eigenvalue weighted by Crippen LogP contribution is 2.28. The highest BCUT2D eigenvalue weighted by atomic mass is 16.5. The second-order valence-corrected chi connectivity index (χ2v) is 4.83. The van der Waals surface area contributed by atoms with Crippen LogP contribution in [0.15, 0.2) is 18.2 Å². The zero-order chi connectivity index (χ0) is 15.2. The second kappa shape index (κ2) is 7.11. The Morgan fingerprint density at radius 1 is 1.05 bits per heavy atom. The Kier molecular flexibility index (Phi) is 5.20. The number of carbonyl (C=O) groups excluding carboxylic acids is 2. The molecule has 114 valence electrons. The fraction of sp³-hybridized carbons (Fsp3) is 0.500. The number of esters is 2. The number of ether oxygens (including phenoxy) is 2. The first-order valence-electron chi connectivity index (χ1n) is 7.41. The number of nitrogens with zero attached hydrogens (tertiary/aromatic N) is 1. The van der Waals surface area contributed by atoms with Crippen LogP contribution in [0.1, 0.15) is 47.4 Å². The number of hydrogen-bond acceptors (Lipinski definition) is 5. The Morgan fingerprint density at radius 2 is 1.67 bits per heavy atom. The van der Waals surface area contributed by atoms with Crippen LogP contribution in [0.2, 0.25) is 0 Å². The predicted molar refractivity (Wildman–Crippen MR) is 79.8 cm³/mol. The average molecular weight is 291 g/mol. The van der Waals surface area contributed by atoms with Crippen LogP contribution in [0.25, 0.3) is 0 Å². The van der Waals surface area contributed by atoms with Gasteiger partial charge in [0.2, 0.25) is 0 Å². The van der Waals surface area contributed by atoms with Gasteiger partial charge in [0.15, 0.2) is 0 Å². The summed E-state index contributed by atoms with van der Waals surface area (Å²) in [6.45, 7) is 5.81. The molecule has 21 heavy (non-hydrogen) atoms. The maximum absolute atomic E-state index is 12.3. The Bertz CT molecular complexity index is 521. The van der Waals surface area contributed by atoms with Crippen LogP contribution in [-0.2, 0) is 9.47 Å². The normalized spacial score (nSPS) is 14.1. The third-order valence-electron chi connectivity index (χ3n) is 3.46. The smallest absolute Gasteiger partial charge is 0.341 e. The fourth-order valence-corrected chi connectivity index (χ4v) is 2.56. The van der Waals surface area contributed by atoms with Crippen LogP contribution in [0, 0.1) is 0 Å². The minimum absolute atomic E-state index is 0.273. The van der Waals surface area contributed by atoms with Crippen molar-refractivity contribution in [3.63, 3.8) is 0 Å². The molecule has 1 aromatic rings. The van der Waals surface area contributed by atoms with E-state index in [9.17, 15) is 9.59 Å². The molecule has 0 aromatic heterocycles. The molecule has 1 aliphatic rings. The molecule has 0 amide bonds. The van der Waals surface area contributed by atoms with E-state index >= 15 is 0 Å². The van der Waals surface area contributed by atoms with E-state index in [2.05, 4.69) is 4.90 Å². The Labute approximate surface area is 124 Å². The lowest BCUT2D eigenvalue weighted by atomic mass is 10.0. The van der Waals surface area contributed by atoms with Crippen molar-refractivity contribution in [3.8, 4) is 0 Å². The van der Waals surface area contributed by atoms with Gasteiger partial charge in [-0.25, -0.2) is 9.59 Å². The number of benzene rings is 1. The number of hydrogen-bond donors (Lipinski definition) is 0. The lowest BCUT2D eigenvalue weighted by Gasteiger charge is -2.22. The monoisotopic (exact) mass is 291 g/mol. The van der Waals surface area contributed by atoms with Crippen molar-refractivity contribution in [2.75, 3.05) is 31.2 Å². The summed E-state index contributed by atoms with van der Waals surface area (Å²) in [7, 11) is 0. The Hall–Kier alpha value is -2.04. The highest BCUT2D eigenvalue weighted by molar-refractivity contribution is 6.07. The van der Waals surface area contributed by atoms with E-state index in [1.165, 1.54) is 0 Å². The van der Waals surface area contributed by atoms with Crippen LogP contribution in [-0.4, -0.2) is 38.2 Å². The molecular formula is C16H21NO4. The quantitative estimate of drug-likeness (QED) is 0.781. The fourth-order valence-electron chi connectivity index (χ4n) is 2.56. The minimum atomic E-state index is -0.485. The molecule has 1 aromatic carbocycles. The van der Waals surface area contributed by atoms with Gasteiger partial charge >= 0.3 is 11.9 Å². The van der Waals surface area contributed by atoms with Gasteiger partial charge in [0, 0.05) is 13.1 Å². The predicted octanol–water partition coefficient (Wildman–Crippen LogP) is 2.64. The SMILES string of the molecule is CCOC(=O)c1cccc(N2CCCC2)c1C(=O)OCC. The summed E-state index contributed by atoms with van der Waals surface area (Å²) in [6, 6.07) is 5.26. The van der Waals surface area contributed by atoms with Gasteiger partial charge in [-0.2, -0.15) is 0 Å². The summed E-state index contributed by atoms with van der Waals surface area (Å²) in [6.07, 6.45) is 2.18. The first-order chi connectivity index (χ1) is 10.2. The van der Waals surface area contributed by atoms with Gasteiger partial charge in [0.05, 0.1) is 30.0 Å². The largest absolute Gasteiger partial charge is 0.462 e. The molecule has 0 atom stereocenters. The van der Waals surface area contributed by atoms with Crippen LogP contribution < -0.4 is 4.90 Å². The van der Waals surface area contributed by atoms with Crippen LogP contribution >= 0.6 is 0 Å². The van der Waals surface area contributed by atoms with Gasteiger partial charge in [-0.1, -0.05) is 6.07 Å². The van der Waals surface area contributed by atoms with Gasteiger partial charge in [0.25, 0.3) is 0 Å². The average Bonchev–Trinajstić information content (AvgIpc) is 3.01. The van der Waals surface area contributed by atoms with Crippen molar-refractivity contribution < 1.29 is 19.1 Å². The third-order valence-corrected chi connectivity index (χ3v) is 3.46. The molecule has 0 spiro atoms. The minimum Gasteiger partial charge on any atom is -0.462 e. The van der Waals surface area contributed by atoms with Gasteiger partial charge in [-0.3, -0.25) is 0 Å². The molecule has 0 saturated carbocycles. The Morgan fingerprint density at radius 3 is 2.29 bits per heavy atom. The standard InChI is InChI=1S/C16H21NO4/c1-3-20-15(18)12-8-7-9-13(17-10-5-6-11-17)14(12)16(19)21-4-2/h7-9H,3-6,10-11H2,1-2H3. The molecule has 0 radical (unpaired) electrons. The maximum Gasteiger partial charge on any atom is 0.341 e. The molecule has 0 bridgehead atoms. The van der Waals surface area contributed by atoms with E-state index in [1.54, 1.807) is 26.0 Å². The van der Waals surface area contributed by atoms with Crippen LogP contribution in [0.5, 0.6) is 0 Å². The first kappa shape index (κ1) is 15.4. The van der Waals surface area contributed by atoms with Crippen molar-refractivity contribution in [3.05, 3.63) is 29.3 Å². The third kappa shape index (κ3) is 3.35. The van der Waals surface area contributed by atoms with Gasteiger partial charge < -0.3 is 14.4 Å². The Balaban J connectivity index is 2.46. The van der Waals surface area contributed by atoms with Crippen molar-refractivity contribution in [1.29, 1.82) is 0 Å². The molecule has 1 saturated heterocycles. The molecule has 0 N–H and O–H groups in total. The van der Waals surface area contributed by atoms with E-state index < -0.39 is 11.9 Å². The summed E-state index contributed by atoms with van der Waals surface area (Å²) in [5.41, 5.74) is 1.36. The number of anilines is 1. The second-order valence-electron chi connectivity index (χ2n) is 4.83. The van der Waals surface area contributed by atoms with E-state index in [1.807, 2.05) is 6.07 Å². The van der Waals surface area contributed by atoms with Crippen molar-refractivity contribution in [2.24, 2.45) is 0 Å². The topological polar surface area (TPSA) is 55.8 Å². The summed E-state index contributed by atoms with van der Waals surface area (Å²) < 4.78 is 10.2. The molecule has 5 heteroatoms. The summed E-state index contributed by atoms with van der Waals surface area (Å²) in [4.78, 5) is 26.5. The van der Waals surface area contributed by atoms with Crippen LogP contribution in [0.4, 0.5) is 5.69 Å². The van der Waals surface area contributed by atoms with Crippen molar-refractivity contribution in [2.45, 2.75) is 26.7 Å². The lowest BCUT2D eigenvalue weighted by molar-refractivity contribution is 0.0479. The highest BCUT2D eigenvalue weighted by Gasteiger charge is 2.26. The molecule has 1 aliphatic heterocycles. The number of carbonyl (C=O) groups is 2. The van der Waals surface area contributed by atoms with Crippen LogP contribution in [0.3, 0.4) is 0 Å². The zero-order valence-electron chi connectivity index (χ0n) is 12.6.